The minimum Gasteiger partial charge on any atom is -0.496 e. The normalized spacial score (nSPS) is 11.1. The second-order valence-electron chi connectivity index (χ2n) is 8.10. The molecule has 0 amide bonds. The molecular formula is C27H27FN2O3. The monoisotopic (exact) mass is 446 g/mol. The van der Waals surface area contributed by atoms with Crippen molar-refractivity contribution in [1.82, 2.24) is 9.88 Å². The lowest BCUT2D eigenvalue weighted by Crippen LogP contribution is -2.19. The number of carboxylic acid groups (broad SMARTS) is 1. The molecule has 0 aliphatic rings. The summed E-state index contributed by atoms with van der Waals surface area (Å²) >= 11 is 0. The van der Waals surface area contributed by atoms with Gasteiger partial charge in [0.1, 0.15) is 17.3 Å². The molecule has 1 aromatic heterocycles. The van der Waals surface area contributed by atoms with Crippen LogP contribution in [0.1, 0.15) is 32.7 Å². The van der Waals surface area contributed by atoms with Crippen LogP contribution in [0.15, 0.2) is 66.7 Å². The van der Waals surface area contributed by atoms with Crippen LogP contribution in [0.3, 0.4) is 0 Å². The summed E-state index contributed by atoms with van der Waals surface area (Å²) in [7, 11) is 1.66. The molecule has 0 spiro atoms. The van der Waals surface area contributed by atoms with Gasteiger partial charge in [-0.3, -0.25) is 0 Å². The highest BCUT2D eigenvalue weighted by Crippen LogP contribution is 2.29. The van der Waals surface area contributed by atoms with Crippen molar-refractivity contribution in [3.8, 4) is 5.75 Å². The number of hydrogen-bond donors (Lipinski definition) is 2. The van der Waals surface area contributed by atoms with Crippen LogP contribution < -0.4 is 10.1 Å². The van der Waals surface area contributed by atoms with Gasteiger partial charge in [0.25, 0.3) is 0 Å². The quantitative estimate of drug-likeness (QED) is 0.348. The number of carboxylic acids is 1. The Hall–Kier alpha value is -3.64. The van der Waals surface area contributed by atoms with Crippen molar-refractivity contribution >= 4 is 16.9 Å². The van der Waals surface area contributed by atoms with Crippen molar-refractivity contribution in [3.05, 3.63) is 100 Å². The fourth-order valence-electron chi connectivity index (χ4n) is 4.24. The molecule has 0 aliphatic carbocycles. The molecule has 6 heteroatoms. The van der Waals surface area contributed by atoms with E-state index in [-0.39, 0.29) is 11.5 Å². The van der Waals surface area contributed by atoms with Crippen molar-refractivity contribution in [2.24, 2.45) is 0 Å². The number of methoxy groups -OCH3 is 1. The van der Waals surface area contributed by atoms with Crippen molar-refractivity contribution in [2.75, 3.05) is 13.7 Å². The van der Waals surface area contributed by atoms with Crippen molar-refractivity contribution in [3.63, 3.8) is 0 Å². The Bertz CT molecular complexity index is 1280. The maximum Gasteiger partial charge on any atom is 0.352 e. The molecule has 0 saturated heterocycles. The van der Waals surface area contributed by atoms with Crippen LogP contribution in [0.2, 0.25) is 0 Å². The van der Waals surface area contributed by atoms with Crippen LogP contribution in [0.25, 0.3) is 10.9 Å². The summed E-state index contributed by atoms with van der Waals surface area (Å²) in [6, 6.07) is 20.0. The van der Waals surface area contributed by atoms with E-state index in [0.29, 0.717) is 19.6 Å². The number of aromatic carboxylic acids is 1. The molecule has 33 heavy (non-hydrogen) atoms. The summed E-state index contributed by atoms with van der Waals surface area (Å²) in [4.78, 5) is 12.4. The second-order valence-corrected chi connectivity index (χ2v) is 8.10. The third kappa shape index (κ3) is 4.91. The number of fused-ring (bicyclic) bond motifs is 1. The molecule has 0 saturated carbocycles. The molecule has 0 atom stereocenters. The number of halogens is 1. The minimum absolute atomic E-state index is 0.254. The standard InChI is InChI=1S/C27H27FN2O3/c1-18-7-12-22-23(16-29-14-13-20-5-3-4-6-25(20)33-2)26(27(31)32)30(24(22)15-18)17-19-8-10-21(28)11-9-19/h3-12,15,29H,13-14,16-17H2,1-2H3,(H,31,32). The van der Waals surface area contributed by atoms with E-state index >= 15 is 0 Å². The van der Waals surface area contributed by atoms with Crippen molar-refractivity contribution in [2.45, 2.75) is 26.4 Å². The van der Waals surface area contributed by atoms with E-state index in [9.17, 15) is 14.3 Å². The van der Waals surface area contributed by atoms with E-state index in [1.807, 2.05) is 54.0 Å². The highest BCUT2D eigenvalue weighted by molar-refractivity contribution is 5.98. The van der Waals surface area contributed by atoms with Gasteiger partial charge < -0.3 is 19.7 Å². The molecular weight excluding hydrogens is 419 g/mol. The van der Waals surface area contributed by atoms with Gasteiger partial charge in [-0.05, 0) is 60.8 Å². The van der Waals surface area contributed by atoms with Crippen LogP contribution in [-0.2, 0) is 19.5 Å². The fourth-order valence-corrected chi connectivity index (χ4v) is 4.24. The second kappa shape index (κ2) is 9.88. The predicted molar refractivity (Wildman–Crippen MR) is 128 cm³/mol. The van der Waals surface area contributed by atoms with Crippen LogP contribution >= 0.6 is 0 Å². The number of para-hydroxylation sites is 1. The molecule has 0 aliphatic heterocycles. The zero-order valence-electron chi connectivity index (χ0n) is 18.8. The molecule has 0 fully saturated rings. The number of hydrogen-bond acceptors (Lipinski definition) is 3. The third-order valence-electron chi connectivity index (χ3n) is 5.85. The van der Waals surface area contributed by atoms with E-state index in [2.05, 4.69) is 5.32 Å². The predicted octanol–water partition coefficient (Wildman–Crippen LogP) is 5.18. The van der Waals surface area contributed by atoms with Gasteiger partial charge in [-0.25, -0.2) is 9.18 Å². The number of rotatable bonds is 9. The molecule has 2 N–H and O–H groups in total. The van der Waals surface area contributed by atoms with E-state index in [4.69, 9.17) is 4.74 Å². The number of aryl methyl sites for hydroxylation is 1. The lowest BCUT2D eigenvalue weighted by molar-refractivity contribution is 0.0684. The number of nitrogens with one attached hydrogen (secondary N) is 1. The lowest BCUT2D eigenvalue weighted by Gasteiger charge is -2.11. The summed E-state index contributed by atoms with van der Waals surface area (Å²) in [5.74, 6) is -0.449. The number of benzene rings is 3. The van der Waals surface area contributed by atoms with Crippen LogP contribution in [-0.4, -0.2) is 29.3 Å². The minimum atomic E-state index is -0.979. The molecule has 170 valence electrons. The highest BCUT2D eigenvalue weighted by Gasteiger charge is 2.22. The average molecular weight is 447 g/mol. The van der Waals surface area contributed by atoms with Gasteiger partial charge in [0, 0.05) is 29.6 Å². The lowest BCUT2D eigenvalue weighted by atomic mass is 10.1. The molecule has 0 bridgehead atoms. The fraction of sp³-hybridized carbons (Fsp3) is 0.222. The first kappa shape index (κ1) is 22.6. The molecule has 0 unspecified atom stereocenters. The van der Waals surface area contributed by atoms with Gasteiger partial charge in [0.05, 0.1) is 7.11 Å². The van der Waals surface area contributed by atoms with Crippen LogP contribution in [0.5, 0.6) is 5.75 Å². The van der Waals surface area contributed by atoms with Gasteiger partial charge in [-0.2, -0.15) is 0 Å². The Morgan fingerprint density at radius 1 is 1.09 bits per heavy atom. The van der Waals surface area contributed by atoms with Gasteiger partial charge in [-0.1, -0.05) is 42.5 Å². The first-order valence-electron chi connectivity index (χ1n) is 10.9. The number of nitrogens with zero attached hydrogens (tertiary/aromatic N) is 1. The van der Waals surface area contributed by atoms with Gasteiger partial charge in [0.15, 0.2) is 0 Å². The highest BCUT2D eigenvalue weighted by atomic mass is 19.1. The third-order valence-corrected chi connectivity index (χ3v) is 5.85. The number of aromatic nitrogens is 1. The zero-order chi connectivity index (χ0) is 23.4. The van der Waals surface area contributed by atoms with Crippen molar-refractivity contribution < 1.29 is 19.0 Å². The summed E-state index contributed by atoms with van der Waals surface area (Å²) in [6.07, 6.45) is 0.764. The van der Waals surface area contributed by atoms with Gasteiger partial charge in [0.2, 0.25) is 0 Å². The van der Waals surface area contributed by atoms with Crippen molar-refractivity contribution in [1.29, 1.82) is 0 Å². The Morgan fingerprint density at radius 2 is 1.85 bits per heavy atom. The van der Waals surface area contributed by atoms with Gasteiger partial charge in [-0.15, -0.1) is 0 Å². The van der Waals surface area contributed by atoms with Crippen LogP contribution in [0, 0.1) is 12.7 Å². The molecule has 3 aromatic carbocycles. The summed E-state index contributed by atoms with van der Waals surface area (Å²) < 4.78 is 20.6. The Labute approximate surface area is 192 Å². The van der Waals surface area contributed by atoms with E-state index in [1.165, 1.54) is 12.1 Å². The number of carbonyl (C=O) groups is 1. The smallest absolute Gasteiger partial charge is 0.352 e. The molecule has 1 heterocycles. The summed E-state index contributed by atoms with van der Waals surface area (Å²) in [6.45, 7) is 3.44. The summed E-state index contributed by atoms with van der Waals surface area (Å²) in [5.41, 5.74) is 4.85. The first-order chi connectivity index (χ1) is 16.0. The van der Waals surface area contributed by atoms with Crippen LogP contribution in [0.4, 0.5) is 4.39 Å². The largest absolute Gasteiger partial charge is 0.496 e. The zero-order valence-corrected chi connectivity index (χ0v) is 18.8. The van der Waals surface area contributed by atoms with E-state index < -0.39 is 5.97 Å². The molecule has 4 aromatic rings. The first-order valence-corrected chi connectivity index (χ1v) is 10.9. The maximum atomic E-state index is 13.4. The summed E-state index contributed by atoms with van der Waals surface area (Å²) in [5, 5.41) is 14.4. The van der Waals surface area contributed by atoms with Gasteiger partial charge >= 0.3 is 5.97 Å². The molecule has 0 radical (unpaired) electrons. The average Bonchev–Trinajstić information content (AvgIpc) is 3.11. The Kier molecular flexibility index (Phi) is 6.75. The molecule has 5 nitrogen and oxygen atoms in total. The maximum absolute atomic E-state index is 13.4. The Balaban J connectivity index is 1.63. The van der Waals surface area contributed by atoms with E-state index in [1.54, 1.807) is 19.2 Å². The topological polar surface area (TPSA) is 63.5 Å². The molecule has 4 rings (SSSR count). The van der Waals surface area contributed by atoms with E-state index in [0.717, 1.165) is 45.3 Å². The Morgan fingerprint density at radius 3 is 2.58 bits per heavy atom. The number of ether oxygens (including phenoxy) is 1. The SMILES string of the molecule is COc1ccccc1CCNCc1c(C(=O)O)n(Cc2ccc(F)cc2)c2cc(C)ccc12.